The molecule has 0 bridgehead atoms. The largest absolute Gasteiger partial charge is 0.441 e. The highest BCUT2D eigenvalue weighted by Crippen LogP contribution is 2.29. The molecule has 0 spiro atoms. The van der Waals surface area contributed by atoms with Crippen LogP contribution in [0.1, 0.15) is 25.0 Å². The summed E-state index contributed by atoms with van der Waals surface area (Å²) in [5.74, 6) is 0.213. The highest BCUT2D eigenvalue weighted by atomic mass is 127. The second kappa shape index (κ2) is 9.15. The number of nitrogens with two attached hydrogens (primary N) is 1. The molecule has 20 heavy (non-hydrogen) atoms. The van der Waals surface area contributed by atoms with Gasteiger partial charge in [-0.2, -0.15) is 0 Å². The first-order valence-electron chi connectivity index (χ1n) is 6.31. The molecule has 6 heteroatoms. The van der Waals surface area contributed by atoms with Gasteiger partial charge < -0.3 is 19.9 Å². The number of carbonyl (C=O) groups excluding carboxylic acids is 1. The standard InChI is InChI=1S/C14H20INO4/c1-10(8-19-9-18-2)7-13(20-14(16)17)11-5-3-4-6-12(11)15/h3-6,10,13H,7-9H2,1-2H3,(H2,16,17)/t10-,13-/m0/s1. The van der Waals surface area contributed by atoms with Crippen molar-refractivity contribution in [3.05, 3.63) is 33.4 Å². The van der Waals surface area contributed by atoms with Crippen LogP contribution in [0.5, 0.6) is 0 Å². The van der Waals surface area contributed by atoms with Gasteiger partial charge in [0.2, 0.25) is 0 Å². The maximum Gasteiger partial charge on any atom is 0.405 e. The van der Waals surface area contributed by atoms with Gasteiger partial charge in [0.05, 0.1) is 6.61 Å². The predicted octanol–water partition coefficient (Wildman–Crippen LogP) is 3.07. The fourth-order valence-electron chi connectivity index (χ4n) is 1.88. The topological polar surface area (TPSA) is 70.8 Å². The third kappa shape index (κ3) is 6.06. The molecule has 2 atom stereocenters. The molecular weight excluding hydrogens is 373 g/mol. The molecule has 1 rings (SSSR count). The van der Waals surface area contributed by atoms with E-state index < -0.39 is 6.09 Å². The van der Waals surface area contributed by atoms with Gasteiger partial charge in [-0.1, -0.05) is 25.1 Å². The fraction of sp³-hybridized carbons (Fsp3) is 0.500. The van der Waals surface area contributed by atoms with Gasteiger partial charge >= 0.3 is 6.09 Å². The van der Waals surface area contributed by atoms with Gasteiger partial charge in [-0.05, 0) is 41.0 Å². The lowest BCUT2D eigenvalue weighted by atomic mass is 9.98. The van der Waals surface area contributed by atoms with Crippen molar-refractivity contribution in [1.82, 2.24) is 0 Å². The molecule has 0 heterocycles. The first-order chi connectivity index (χ1) is 9.54. The Morgan fingerprint density at radius 3 is 2.70 bits per heavy atom. The predicted molar refractivity (Wildman–Crippen MR) is 84.2 cm³/mol. The number of rotatable bonds is 8. The minimum Gasteiger partial charge on any atom is -0.441 e. The Morgan fingerprint density at radius 2 is 2.10 bits per heavy atom. The zero-order valence-electron chi connectivity index (χ0n) is 11.7. The summed E-state index contributed by atoms with van der Waals surface area (Å²) in [6.07, 6.45) is -0.478. The van der Waals surface area contributed by atoms with Crippen LogP contribution in [0.2, 0.25) is 0 Å². The van der Waals surface area contributed by atoms with Crippen molar-refractivity contribution in [3.63, 3.8) is 0 Å². The smallest absolute Gasteiger partial charge is 0.405 e. The molecule has 1 aromatic carbocycles. The van der Waals surface area contributed by atoms with Crippen LogP contribution < -0.4 is 5.73 Å². The molecular formula is C14H20INO4. The number of hydrogen-bond donors (Lipinski definition) is 1. The van der Waals surface area contributed by atoms with Gasteiger partial charge in [-0.15, -0.1) is 0 Å². The van der Waals surface area contributed by atoms with Crippen molar-refractivity contribution in [2.75, 3.05) is 20.5 Å². The van der Waals surface area contributed by atoms with Gasteiger partial charge in [-0.25, -0.2) is 4.79 Å². The van der Waals surface area contributed by atoms with Crippen molar-refractivity contribution in [1.29, 1.82) is 0 Å². The van der Waals surface area contributed by atoms with Crippen LogP contribution in [0.3, 0.4) is 0 Å². The average Bonchev–Trinajstić information content (AvgIpc) is 2.38. The van der Waals surface area contributed by atoms with Gasteiger partial charge in [-0.3, -0.25) is 0 Å². The van der Waals surface area contributed by atoms with E-state index in [9.17, 15) is 4.79 Å². The fourth-order valence-corrected chi connectivity index (χ4v) is 2.62. The highest BCUT2D eigenvalue weighted by Gasteiger charge is 2.20. The molecule has 2 N–H and O–H groups in total. The lowest BCUT2D eigenvalue weighted by Gasteiger charge is -2.22. The number of halogens is 1. The Morgan fingerprint density at radius 1 is 1.40 bits per heavy atom. The lowest BCUT2D eigenvalue weighted by molar-refractivity contribution is -0.0465. The summed E-state index contributed by atoms with van der Waals surface area (Å²) in [7, 11) is 1.58. The van der Waals surface area contributed by atoms with Crippen molar-refractivity contribution >= 4 is 28.7 Å². The summed E-state index contributed by atoms with van der Waals surface area (Å²) in [6.45, 7) is 2.83. The quantitative estimate of drug-likeness (QED) is 0.419. The van der Waals surface area contributed by atoms with Crippen LogP contribution in [-0.4, -0.2) is 26.6 Å². The van der Waals surface area contributed by atoms with E-state index in [2.05, 4.69) is 22.6 Å². The number of ether oxygens (including phenoxy) is 3. The molecule has 0 unspecified atom stereocenters. The Bertz CT molecular complexity index is 427. The third-order valence-corrected chi connectivity index (χ3v) is 3.71. The van der Waals surface area contributed by atoms with E-state index in [0.29, 0.717) is 13.0 Å². The lowest BCUT2D eigenvalue weighted by Crippen LogP contribution is -2.21. The van der Waals surface area contributed by atoms with Crippen LogP contribution in [0, 0.1) is 9.49 Å². The molecule has 0 radical (unpaired) electrons. The monoisotopic (exact) mass is 393 g/mol. The van der Waals surface area contributed by atoms with Crippen LogP contribution in [0.15, 0.2) is 24.3 Å². The van der Waals surface area contributed by atoms with Crippen molar-refractivity contribution in [2.45, 2.75) is 19.4 Å². The second-order valence-corrected chi connectivity index (χ2v) is 5.73. The number of methoxy groups -OCH3 is 1. The normalized spacial score (nSPS) is 13.8. The highest BCUT2D eigenvalue weighted by molar-refractivity contribution is 14.1. The van der Waals surface area contributed by atoms with Gasteiger partial charge in [0.1, 0.15) is 12.9 Å². The van der Waals surface area contributed by atoms with E-state index in [4.69, 9.17) is 19.9 Å². The zero-order chi connectivity index (χ0) is 15.0. The van der Waals surface area contributed by atoms with E-state index in [1.165, 1.54) is 0 Å². The Labute approximate surface area is 132 Å². The molecule has 0 aliphatic carbocycles. The second-order valence-electron chi connectivity index (χ2n) is 4.57. The summed E-state index contributed by atoms with van der Waals surface area (Å²) in [6, 6.07) is 7.77. The molecule has 0 fully saturated rings. The van der Waals surface area contributed by atoms with E-state index >= 15 is 0 Å². The zero-order valence-corrected chi connectivity index (χ0v) is 13.8. The molecule has 0 saturated heterocycles. The van der Waals surface area contributed by atoms with E-state index in [0.717, 1.165) is 9.13 Å². The summed E-state index contributed by atoms with van der Waals surface area (Å²) in [5.41, 5.74) is 6.13. The maximum absolute atomic E-state index is 11.1. The number of carbonyl (C=O) groups is 1. The van der Waals surface area contributed by atoms with E-state index in [1.54, 1.807) is 7.11 Å². The molecule has 0 aliphatic heterocycles. The van der Waals surface area contributed by atoms with Crippen molar-refractivity contribution in [3.8, 4) is 0 Å². The molecule has 112 valence electrons. The van der Waals surface area contributed by atoms with Crippen LogP contribution in [0.4, 0.5) is 4.79 Å². The number of hydrogen-bond acceptors (Lipinski definition) is 4. The van der Waals surface area contributed by atoms with Crippen molar-refractivity contribution < 1.29 is 19.0 Å². The van der Waals surface area contributed by atoms with Crippen molar-refractivity contribution in [2.24, 2.45) is 11.7 Å². The first-order valence-corrected chi connectivity index (χ1v) is 7.39. The molecule has 1 amide bonds. The maximum atomic E-state index is 11.1. The SMILES string of the molecule is COCOC[C@@H](C)C[C@H](OC(N)=O)c1ccccc1I. The van der Waals surface area contributed by atoms with Gasteiger partial charge in [0.15, 0.2) is 0 Å². The number of amides is 1. The number of benzene rings is 1. The molecule has 0 saturated carbocycles. The Hall–Kier alpha value is -0.860. The number of primary amides is 1. The van der Waals surface area contributed by atoms with E-state index in [-0.39, 0.29) is 18.8 Å². The summed E-state index contributed by atoms with van der Waals surface area (Å²) < 4.78 is 16.4. The van der Waals surface area contributed by atoms with Crippen LogP contribution in [-0.2, 0) is 14.2 Å². The minimum absolute atomic E-state index is 0.213. The first kappa shape index (κ1) is 17.2. The third-order valence-electron chi connectivity index (χ3n) is 2.73. The average molecular weight is 393 g/mol. The summed E-state index contributed by atoms with van der Waals surface area (Å²) in [5, 5.41) is 0. The van der Waals surface area contributed by atoms with Gasteiger partial charge in [0, 0.05) is 16.2 Å². The Kier molecular flexibility index (Phi) is 7.86. The molecule has 0 aromatic heterocycles. The van der Waals surface area contributed by atoms with Crippen LogP contribution >= 0.6 is 22.6 Å². The molecule has 5 nitrogen and oxygen atoms in total. The Balaban J connectivity index is 2.70. The summed E-state index contributed by atoms with van der Waals surface area (Å²) >= 11 is 2.22. The van der Waals surface area contributed by atoms with Crippen LogP contribution in [0.25, 0.3) is 0 Å². The summed E-state index contributed by atoms with van der Waals surface area (Å²) in [4.78, 5) is 11.1. The van der Waals surface area contributed by atoms with E-state index in [1.807, 2.05) is 31.2 Å². The molecule has 0 aliphatic rings. The minimum atomic E-state index is -0.764. The van der Waals surface area contributed by atoms with Gasteiger partial charge in [0.25, 0.3) is 0 Å². The molecule has 1 aromatic rings.